The molecule has 0 saturated carbocycles. The lowest BCUT2D eigenvalue weighted by Gasteiger charge is -2.34. The fourth-order valence-corrected chi connectivity index (χ4v) is 5.81. The first-order chi connectivity index (χ1) is 15.5. The van der Waals surface area contributed by atoms with Crippen LogP contribution >= 0.6 is 22.9 Å². The van der Waals surface area contributed by atoms with Crippen molar-refractivity contribution in [1.82, 2.24) is 20.6 Å². The van der Waals surface area contributed by atoms with E-state index in [1.807, 2.05) is 12.1 Å². The number of hydrogen-bond donors (Lipinski definition) is 3. The van der Waals surface area contributed by atoms with E-state index in [0.29, 0.717) is 51.5 Å². The summed E-state index contributed by atoms with van der Waals surface area (Å²) >= 11 is 7.14. The highest BCUT2D eigenvalue weighted by atomic mass is 35.5. The largest absolute Gasteiger partial charge is 0.385 e. The van der Waals surface area contributed by atoms with Gasteiger partial charge in [-0.15, -0.1) is 11.3 Å². The van der Waals surface area contributed by atoms with E-state index >= 15 is 0 Å². The number of hydrogen-bond acceptors (Lipinski definition) is 7. The Morgan fingerprint density at radius 3 is 2.84 bits per heavy atom. The first kappa shape index (κ1) is 21.4. The Morgan fingerprint density at radius 1 is 1.34 bits per heavy atom. The van der Waals surface area contributed by atoms with Gasteiger partial charge in [-0.25, -0.2) is 14.4 Å². The first-order valence-corrected chi connectivity index (χ1v) is 11.9. The minimum atomic E-state index is -0.247. The third-order valence-electron chi connectivity index (χ3n) is 6.13. The van der Waals surface area contributed by atoms with Crippen LogP contribution in [0.25, 0.3) is 10.3 Å². The predicted molar refractivity (Wildman–Crippen MR) is 127 cm³/mol. The van der Waals surface area contributed by atoms with E-state index < -0.39 is 0 Å². The molecule has 168 valence electrons. The summed E-state index contributed by atoms with van der Waals surface area (Å²) in [5, 5.41) is 9.77. The molecule has 4 heterocycles. The molecule has 32 heavy (non-hydrogen) atoms. The van der Waals surface area contributed by atoms with E-state index in [0.717, 1.165) is 18.8 Å². The van der Waals surface area contributed by atoms with E-state index in [1.54, 1.807) is 13.1 Å². The Morgan fingerprint density at radius 2 is 2.12 bits per heavy atom. The third-order valence-corrected chi connectivity index (χ3v) is 7.38. The molecular weight excluding hydrogens is 451 g/mol. The second-order valence-electron chi connectivity index (χ2n) is 8.23. The Balaban J connectivity index is 1.23. The Bertz CT molecular complexity index is 1160. The molecule has 2 bridgehead atoms. The van der Waals surface area contributed by atoms with Crippen LogP contribution in [-0.2, 0) is 6.42 Å². The summed E-state index contributed by atoms with van der Waals surface area (Å²) in [7, 11) is 1.73. The zero-order valence-corrected chi connectivity index (χ0v) is 19.2. The minimum absolute atomic E-state index is 0.233. The Labute approximate surface area is 194 Å². The number of aromatic nitrogens is 2. The summed E-state index contributed by atoms with van der Waals surface area (Å²) in [5.74, 6) is -0.480. The van der Waals surface area contributed by atoms with Crippen LogP contribution in [0.15, 0.2) is 24.4 Å². The molecule has 3 N–H and O–H groups in total. The van der Waals surface area contributed by atoms with Crippen molar-refractivity contribution < 1.29 is 9.18 Å². The van der Waals surface area contributed by atoms with Gasteiger partial charge in [-0.1, -0.05) is 17.7 Å². The van der Waals surface area contributed by atoms with E-state index in [4.69, 9.17) is 11.6 Å². The fraction of sp³-hybridized carbons (Fsp3) is 0.409. The number of halogens is 2. The lowest BCUT2D eigenvalue weighted by atomic mass is 10.1. The van der Waals surface area contributed by atoms with Gasteiger partial charge in [-0.2, -0.15) is 0 Å². The summed E-state index contributed by atoms with van der Waals surface area (Å²) in [6.45, 7) is 2.17. The van der Waals surface area contributed by atoms with Gasteiger partial charge in [0.2, 0.25) is 0 Å². The molecule has 0 aliphatic carbocycles. The average molecular weight is 475 g/mol. The number of thiophene rings is 1. The van der Waals surface area contributed by atoms with Crippen LogP contribution in [0.1, 0.15) is 28.1 Å². The molecule has 2 aromatic heterocycles. The lowest BCUT2D eigenvalue weighted by Crippen LogP contribution is -2.51. The van der Waals surface area contributed by atoms with Gasteiger partial charge in [0.25, 0.3) is 5.91 Å². The third kappa shape index (κ3) is 4.12. The molecule has 1 amide bonds. The molecule has 1 aromatic carbocycles. The summed E-state index contributed by atoms with van der Waals surface area (Å²) in [5.41, 5.74) is 2.74. The zero-order chi connectivity index (χ0) is 22.2. The van der Waals surface area contributed by atoms with Crippen LogP contribution in [0, 0.1) is 5.82 Å². The molecule has 3 aromatic rings. The number of amides is 1. The predicted octanol–water partition coefficient (Wildman–Crippen LogP) is 3.44. The van der Waals surface area contributed by atoms with Gasteiger partial charge < -0.3 is 20.9 Å². The van der Waals surface area contributed by atoms with E-state index in [2.05, 4.69) is 30.8 Å². The zero-order valence-electron chi connectivity index (χ0n) is 17.6. The molecule has 10 heteroatoms. The Kier molecular flexibility index (Phi) is 5.88. The van der Waals surface area contributed by atoms with Gasteiger partial charge in [0.1, 0.15) is 26.2 Å². The summed E-state index contributed by atoms with van der Waals surface area (Å²) in [4.78, 5) is 24.6. The SMILES string of the molecule is CNc1c(C(=O)NCCc2ccc(N3C[C@H]4CC[C@@H](C3)N4)cc2F)sc2nc(Cl)cnc12. The molecule has 0 unspecified atom stereocenters. The van der Waals surface area contributed by atoms with Crippen LogP contribution < -0.4 is 20.9 Å². The maximum Gasteiger partial charge on any atom is 0.263 e. The molecule has 5 rings (SSSR count). The van der Waals surface area contributed by atoms with E-state index in [9.17, 15) is 9.18 Å². The highest BCUT2D eigenvalue weighted by Crippen LogP contribution is 2.33. The Hall–Kier alpha value is -2.49. The van der Waals surface area contributed by atoms with Crippen molar-refractivity contribution in [3.63, 3.8) is 0 Å². The van der Waals surface area contributed by atoms with Gasteiger partial charge in [-0.05, 0) is 37.0 Å². The number of rotatable bonds is 6. The van der Waals surface area contributed by atoms with Gasteiger partial charge in [0.15, 0.2) is 0 Å². The van der Waals surface area contributed by atoms with E-state index in [1.165, 1.54) is 30.4 Å². The second-order valence-corrected chi connectivity index (χ2v) is 9.61. The van der Waals surface area contributed by atoms with Gasteiger partial charge in [-0.3, -0.25) is 4.79 Å². The molecule has 2 fully saturated rings. The van der Waals surface area contributed by atoms with Gasteiger partial charge in [0, 0.05) is 44.5 Å². The van der Waals surface area contributed by atoms with Crippen molar-refractivity contribution in [2.75, 3.05) is 36.9 Å². The number of nitrogens with one attached hydrogen (secondary N) is 3. The van der Waals surface area contributed by atoms with Gasteiger partial charge >= 0.3 is 0 Å². The number of carbonyl (C=O) groups excluding carboxylic acids is 1. The molecule has 2 aliphatic heterocycles. The second kappa shape index (κ2) is 8.80. The highest BCUT2D eigenvalue weighted by molar-refractivity contribution is 7.21. The van der Waals surface area contributed by atoms with E-state index in [-0.39, 0.29) is 16.9 Å². The van der Waals surface area contributed by atoms with Gasteiger partial charge in [0.05, 0.1) is 11.9 Å². The van der Waals surface area contributed by atoms with Crippen LogP contribution in [0.2, 0.25) is 5.15 Å². The van der Waals surface area contributed by atoms with Crippen molar-refractivity contribution in [2.45, 2.75) is 31.3 Å². The van der Waals surface area contributed by atoms with Crippen LogP contribution in [0.5, 0.6) is 0 Å². The fourth-order valence-electron chi connectivity index (χ4n) is 4.58. The minimum Gasteiger partial charge on any atom is -0.385 e. The smallest absolute Gasteiger partial charge is 0.263 e. The first-order valence-electron chi connectivity index (χ1n) is 10.7. The average Bonchev–Trinajstić information content (AvgIpc) is 3.32. The summed E-state index contributed by atoms with van der Waals surface area (Å²) in [6.07, 6.45) is 4.24. The highest BCUT2D eigenvalue weighted by Gasteiger charge is 2.32. The van der Waals surface area contributed by atoms with Crippen molar-refractivity contribution in [1.29, 1.82) is 0 Å². The molecule has 0 spiro atoms. The number of benzene rings is 1. The summed E-state index contributed by atoms with van der Waals surface area (Å²) < 4.78 is 14.8. The monoisotopic (exact) mass is 474 g/mol. The van der Waals surface area contributed by atoms with Crippen molar-refractivity contribution in [2.24, 2.45) is 0 Å². The number of carbonyl (C=O) groups is 1. The van der Waals surface area contributed by atoms with Crippen molar-refractivity contribution in [3.8, 4) is 0 Å². The molecule has 0 radical (unpaired) electrons. The normalized spacial score (nSPS) is 20.0. The molecule has 7 nitrogen and oxygen atoms in total. The van der Waals surface area contributed by atoms with Crippen LogP contribution in [-0.4, -0.2) is 54.6 Å². The number of nitrogens with zero attached hydrogens (tertiary/aromatic N) is 3. The molecule has 2 aliphatic rings. The number of piperazine rings is 1. The van der Waals surface area contributed by atoms with Crippen LogP contribution in [0.3, 0.4) is 0 Å². The molecular formula is C22H24ClFN6OS. The standard InChI is InChI=1S/C22H24ClFN6OS/c1-25-18-19-22(29-17(23)9-27-19)32-20(18)21(31)26-7-6-12-2-5-15(8-16(12)24)30-10-13-3-4-14(11-30)28-13/h2,5,8-9,13-14,25,28H,3-4,6-7,10-11H2,1H3,(H,26,31)/t13-,14+. The number of fused-ring (bicyclic) bond motifs is 3. The molecule has 2 saturated heterocycles. The maximum atomic E-state index is 14.8. The van der Waals surface area contributed by atoms with Crippen molar-refractivity contribution >= 4 is 50.6 Å². The topological polar surface area (TPSA) is 82.2 Å². The maximum absolute atomic E-state index is 14.8. The van der Waals surface area contributed by atoms with Crippen LogP contribution in [0.4, 0.5) is 15.8 Å². The summed E-state index contributed by atoms with van der Waals surface area (Å²) in [6, 6.07) is 6.44. The van der Waals surface area contributed by atoms with Crippen molar-refractivity contribution in [3.05, 3.63) is 45.8 Å². The lowest BCUT2D eigenvalue weighted by molar-refractivity contribution is 0.0959. The number of anilines is 2. The quantitative estimate of drug-likeness (QED) is 0.507. The molecule has 2 atom stereocenters.